The molecule has 6 rings (SSSR count). The summed E-state index contributed by atoms with van der Waals surface area (Å²) in [5.74, 6) is -0.110. The van der Waals surface area contributed by atoms with E-state index in [1.54, 1.807) is 11.0 Å². The van der Waals surface area contributed by atoms with Gasteiger partial charge in [-0.1, -0.05) is 18.2 Å². The molecule has 3 aliphatic rings. The van der Waals surface area contributed by atoms with Gasteiger partial charge >= 0.3 is 0 Å². The monoisotopic (exact) mass is 470 g/mol. The topological polar surface area (TPSA) is 91.8 Å². The second kappa shape index (κ2) is 8.78. The largest absolute Gasteiger partial charge is 0.489 e. The van der Waals surface area contributed by atoms with E-state index in [4.69, 9.17) is 4.74 Å². The summed E-state index contributed by atoms with van der Waals surface area (Å²) >= 11 is 0. The molecule has 1 aromatic heterocycles. The number of aromatic nitrogens is 1. The first-order chi connectivity index (χ1) is 17.0. The summed E-state index contributed by atoms with van der Waals surface area (Å²) in [5, 5.41) is 3.52. The Balaban J connectivity index is 1.10. The van der Waals surface area contributed by atoms with Gasteiger partial charge in [-0.25, -0.2) is 0 Å². The molecule has 1 N–H and O–H groups in total. The second-order valence-corrected chi connectivity index (χ2v) is 9.47. The minimum Gasteiger partial charge on any atom is -0.489 e. The van der Waals surface area contributed by atoms with Crippen molar-refractivity contribution in [1.29, 1.82) is 0 Å². The van der Waals surface area contributed by atoms with Crippen molar-refractivity contribution in [2.24, 2.45) is 0 Å². The second-order valence-electron chi connectivity index (χ2n) is 9.47. The van der Waals surface area contributed by atoms with E-state index in [1.165, 1.54) is 10.9 Å². The Bertz CT molecular complexity index is 1330. The van der Waals surface area contributed by atoms with Gasteiger partial charge in [0.2, 0.25) is 11.8 Å². The number of carbonyl (C=O) groups is 3. The number of benzene rings is 2. The molecular weight excluding hydrogens is 444 g/mol. The quantitative estimate of drug-likeness (QED) is 0.577. The van der Waals surface area contributed by atoms with Crippen molar-refractivity contribution in [1.82, 2.24) is 20.1 Å². The van der Waals surface area contributed by atoms with Crippen LogP contribution in [0.15, 0.2) is 54.7 Å². The number of nitrogens with one attached hydrogen (secondary N) is 1. The molecule has 2 fully saturated rings. The van der Waals surface area contributed by atoms with Crippen molar-refractivity contribution in [2.45, 2.75) is 44.5 Å². The number of piperidine rings is 1. The third-order valence-electron chi connectivity index (χ3n) is 7.16. The van der Waals surface area contributed by atoms with Crippen LogP contribution in [0.1, 0.15) is 40.7 Å². The van der Waals surface area contributed by atoms with Gasteiger partial charge in [0, 0.05) is 49.7 Å². The van der Waals surface area contributed by atoms with E-state index in [0.717, 1.165) is 42.9 Å². The zero-order chi connectivity index (χ0) is 23.9. The lowest BCUT2D eigenvalue weighted by atomic mass is 10.0. The highest BCUT2D eigenvalue weighted by molar-refractivity contribution is 6.05. The van der Waals surface area contributed by atoms with E-state index in [1.807, 2.05) is 30.5 Å². The Morgan fingerprint density at radius 2 is 1.97 bits per heavy atom. The average molecular weight is 471 g/mol. The van der Waals surface area contributed by atoms with Gasteiger partial charge in [-0.15, -0.1) is 0 Å². The van der Waals surface area contributed by atoms with Crippen LogP contribution in [0.25, 0.3) is 10.9 Å². The van der Waals surface area contributed by atoms with E-state index in [2.05, 4.69) is 33.4 Å². The number of hydrogen-bond acceptors (Lipinski definition) is 6. The zero-order valence-electron chi connectivity index (χ0n) is 19.3. The molecule has 1 unspecified atom stereocenters. The number of rotatable bonds is 5. The van der Waals surface area contributed by atoms with Crippen LogP contribution < -0.4 is 10.1 Å². The van der Waals surface area contributed by atoms with Gasteiger partial charge in [-0.05, 0) is 54.3 Å². The third kappa shape index (κ3) is 4.14. The lowest BCUT2D eigenvalue weighted by molar-refractivity contribution is -0.136. The van der Waals surface area contributed by atoms with Crippen LogP contribution >= 0.6 is 0 Å². The van der Waals surface area contributed by atoms with Gasteiger partial charge in [-0.2, -0.15) is 0 Å². The van der Waals surface area contributed by atoms with Crippen LogP contribution in [0.4, 0.5) is 0 Å². The molecule has 35 heavy (non-hydrogen) atoms. The number of likely N-dealkylation sites (tertiary alicyclic amines) is 1. The predicted octanol–water partition coefficient (Wildman–Crippen LogP) is 2.65. The van der Waals surface area contributed by atoms with Crippen LogP contribution in [0.3, 0.4) is 0 Å². The Morgan fingerprint density at radius 1 is 1.06 bits per heavy atom. The molecule has 0 bridgehead atoms. The van der Waals surface area contributed by atoms with Crippen molar-refractivity contribution in [2.75, 3.05) is 13.1 Å². The standard InChI is InChI=1S/C27H26N4O4/c32-25-9-8-24(26(33)29-25)31-15-18-13-19(6-7-22(18)27(31)34)35-20-10-12-30(16-20)14-17-3-1-5-23-21(17)4-2-11-28-23/h1-7,11,13,20,24H,8-10,12,14-16H2,(H,29,32,33)/t20-,24?/m1/s1. The molecule has 0 radical (unpaired) electrons. The van der Waals surface area contributed by atoms with E-state index in [0.29, 0.717) is 18.5 Å². The van der Waals surface area contributed by atoms with Crippen LogP contribution in [-0.4, -0.2) is 57.7 Å². The van der Waals surface area contributed by atoms with E-state index >= 15 is 0 Å². The highest BCUT2D eigenvalue weighted by atomic mass is 16.5. The number of hydrogen-bond donors (Lipinski definition) is 1. The summed E-state index contributed by atoms with van der Waals surface area (Å²) in [5.41, 5.74) is 3.73. The molecule has 8 heteroatoms. The van der Waals surface area contributed by atoms with Crippen LogP contribution in [-0.2, 0) is 22.7 Å². The molecule has 2 aromatic carbocycles. The minimum atomic E-state index is -0.607. The Kier molecular flexibility index (Phi) is 5.45. The molecular formula is C27H26N4O4. The predicted molar refractivity (Wildman–Crippen MR) is 129 cm³/mol. The van der Waals surface area contributed by atoms with Gasteiger partial charge in [0.15, 0.2) is 0 Å². The lowest BCUT2D eigenvalue weighted by Gasteiger charge is -2.29. The number of ether oxygens (including phenoxy) is 1. The smallest absolute Gasteiger partial charge is 0.255 e. The maximum atomic E-state index is 12.9. The minimum absolute atomic E-state index is 0.0736. The molecule has 0 spiro atoms. The van der Waals surface area contributed by atoms with Gasteiger partial charge < -0.3 is 9.64 Å². The van der Waals surface area contributed by atoms with Gasteiger partial charge in [0.1, 0.15) is 17.9 Å². The summed E-state index contributed by atoms with van der Waals surface area (Å²) in [4.78, 5) is 45.0. The lowest BCUT2D eigenvalue weighted by Crippen LogP contribution is -2.52. The van der Waals surface area contributed by atoms with Gasteiger partial charge in [0.25, 0.3) is 5.91 Å². The summed E-state index contributed by atoms with van der Waals surface area (Å²) in [6.07, 6.45) is 3.43. The maximum Gasteiger partial charge on any atom is 0.255 e. The Morgan fingerprint density at radius 3 is 2.86 bits per heavy atom. The highest BCUT2D eigenvalue weighted by Crippen LogP contribution is 2.31. The van der Waals surface area contributed by atoms with Crippen molar-refractivity contribution in [3.63, 3.8) is 0 Å². The van der Waals surface area contributed by atoms with Crippen molar-refractivity contribution in [3.8, 4) is 5.75 Å². The van der Waals surface area contributed by atoms with Crippen LogP contribution in [0, 0.1) is 0 Å². The number of carbonyl (C=O) groups excluding carboxylic acids is 3. The normalized spacial score (nSPS) is 22.5. The molecule has 3 aromatic rings. The van der Waals surface area contributed by atoms with E-state index in [-0.39, 0.29) is 24.3 Å². The van der Waals surface area contributed by atoms with Crippen LogP contribution in [0.5, 0.6) is 5.75 Å². The molecule has 2 atom stereocenters. The van der Waals surface area contributed by atoms with Crippen molar-refractivity contribution < 1.29 is 19.1 Å². The summed E-state index contributed by atoms with van der Waals surface area (Å²) in [6.45, 7) is 2.98. The number of pyridine rings is 1. The zero-order valence-corrected chi connectivity index (χ0v) is 19.3. The molecule has 8 nitrogen and oxygen atoms in total. The molecule has 0 saturated carbocycles. The molecule has 3 aliphatic heterocycles. The number of nitrogens with zero attached hydrogens (tertiary/aromatic N) is 3. The Labute approximate surface area is 202 Å². The number of amides is 3. The number of imide groups is 1. The number of fused-ring (bicyclic) bond motifs is 2. The highest BCUT2D eigenvalue weighted by Gasteiger charge is 2.39. The summed E-state index contributed by atoms with van der Waals surface area (Å²) in [6, 6.07) is 15.3. The molecule has 2 saturated heterocycles. The fourth-order valence-corrected chi connectivity index (χ4v) is 5.40. The molecule has 3 amide bonds. The fourth-order valence-electron chi connectivity index (χ4n) is 5.40. The summed E-state index contributed by atoms with van der Waals surface area (Å²) in [7, 11) is 0. The first kappa shape index (κ1) is 21.7. The average Bonchev–Trinajstić information content (AvgIpc) is 3.43. The molecule has 178 valence electrons. The SMILES string of the molecule is O=C1CCC(N2Cc3cc(O[C@@H]4CCN(Cc5cccc6ncccc56)C4)ccc3C2=O)C(=O)N1. The first-order valence-electron chi connectivity index (χ1n) is 12.0. The maximum absolute atomic E-state index is 12.9. The summed E-state index contributed by atoms with van der Waals surface area (Å²) < 4.78 is 6.30. The third-order valence-corrected chi connectivity index (χ3v) is 7.16. The van der Waals surface area contributed by atoms with Crippen molar-refractivity contribution in [3.05, 3.63) is 71.4 Å². The first-order valence-corrected chi connectivity index (χ1v) is 12.0. The van der Waals surface area contributed by atoms with E-state index < -0.39 is 11.9 Å². The molecule has 0 aliphatic carbocycles. The molecule has 4 heterocycles. The van der Waals surface area contributed by atoms with Gasteiger partial charge in [-0.3, -0.25) is 29.6 Å². The van der Waals surface area contributed by atoms with E-state index in [9.17, 15) is 14.4 Å². The van der Waals surface area contributed by atoms with Crippen LogP contribution in [0.2, 0.25) is 0 Å². The Hall–Kier alpha value is -3.78. The van der Waals surface area contributed by atoms with Gasteiger partial charge in [0.05, 0.1) is 5.52 Å². The van der Waals surface area contributed by atoms with Crippen molar-refractivity contribution >= 4 is 28.6 Å². The fraction of sp³-hybridized carbons (Fsp3) is 0.333.